The van der Waals surface area contributed by atoms with Gasteiger partial charge >= 0.3 is 5.69 Å². The van der Waals surface area contributed by atoms with Crippen LogP contribution in [0.4, 0.5) is 0 Å². The minimum atomic E-state index is -0.752. The van der Waals surface area contributed by atoms with Gasteiger partial charge in [-0.25, -0.2) is 4.79 Å². The summed E-state index contributed by atoms with van der Waals surface area (Å²) in [5.41, 5.74) is -0.998. The van der Waals surface area contributed by atoms with Crippen molar-refractivity contribution in [2.75, 3.05) is 6.61 Å². The van der Waals surface area contributed by atoms with Crippen LogP contribution in [0.5, 0.6) is 0 Å². The predicted molar refractivity (Wildman–Crippen MR) is 177 cm³/mol. The molecule has 0 bridgehead atoms. The van der Waals surface area contributed by atoms with Gasteiger partial charge in [0.25, 0.3) is 5.56 Å². The van der Waals surface area contributed by atoms with Gasteiger partial charge in [-0.1, -0.05) is 142 Å². The Bertz CT molecular complexity index is 967. The molecule has 8 nitrogen and oxygen atoms in total. The predicted octanol–water partition coefficient (Wildman–Crippen LogP) is 8.31. The van der Waals surface area contributed by atoms with Gasteiger partial charge in [-0.2, -0.15) is 0 Å². The minimum absolute atomic E-state index is 0.216. The van der Waals surface area contributed by atoms with Gasteiger partial charge in [0.05, 0.1) is 6.61 Å². The number of nitrogens with one attached hydrogen (secondary N) is 1. The third kappa shape index (κ3) is 12.4. The number of aromatic nitrogens is 2. The average molecular weight is 621 g/mol. The van der Waals surface area contributed by atoms with Gasteiger partial charge in [0.1, 0.15) is 18.3 Å². The molecule has 0 aliphatic carbocycles. The molecule has 2 aliphatic rings. The molecule has 0 spiro atoms. The molecule has 2 N–H and O–H groups in total. The van der Waals surface area contributed by atoms with Crippen molar-refractivity contribution in [1.82, 2.24) is 9.55 Å². The minimum Gasteiger partial charge on any atom is -0.394 e. The molecular weight excluding hydrogens is 556 g/mol. The zero-order valence-electron chi connectivity index (χ0n) is 28.1. The number of aliphatic hydroxyl groups is 1. The van der Waals surface area contributed by atoms with E-state index in [1.165, 1.54) is 132 Å². The zero-order chi connectivity index (χ0) is 31.5. The van der Waals surface area contributed by atoms with E-state index in [1.807, 2.05) is 0 Å². The number of nitrogens with zero attached hydrogens (tertiary/aromatic N) is 1. The molecule has 8 heteroatoms. The fraction of sp³-hybridized carbons (Fsp3) is 0.889. The summed E-state index contributed by atoms with van der Waals surface area (Å²) in [6.45, 7) is 4.31. The Balaban J connectivity index is 1.49. The van der Waals surface area contributed by atoms with E-state index in [-0.39, 0.29) is 6.61 Å². The molecule has 2 saturated heterocycles. The topological polar surface area (TPSA) is 103 Å². The first-order valence-electron chi connectivity index (χ1n) is 18.5. The quantitative estimate of drug-likeness (QED) is 0.101. The summed E-state index contributed by atoms with van der Waals surface area (Å²) in [7, 11) is 0. The smallest absolute Gasteiger partial charge is 0.330 e. The normalized spacial score (nSPS) is 22.5. The first kappa shape index (κ1) is 37.0. The highest BCUT2D eigenvalue weighted by molar-refractivity contribution is 5.00. The van der Waals surface area contributed by atoms with Crippen molar-refractivity contribution in [3.63, 3.8) is 0 Å². The highest BCUT2D eigenvalue weighted by atomic mass is 16.8. The van der Waals surface area contributed by atoms with E-state index in [0.29, 0.717) is 0 Å². The number of unbranched alkanes of at least 4 members (excludes halogenated alkanes) is 20. The molecule has 0 saturated carbocycles. The Morgan fingerprint density at radius 1 is 0.682 bits per heavy atom. The van der Waals surface area contributed by atoms with E-state index in [4.69, 9.17) is 14.2 Å². The lowest BCUT2D eigenvalue weighted by Crippen LogP contribution is -2.38. The van der Waals surface area contributed by atoms with Gasteiger partial charge in [-0.15, -0.1) is 0 Å². The number of hydrogen-bond donors (Lipinski definition) is 2. The van der Waals surface area contributed by atoms with Crippen LogP contribution in [-0.4, -0.2) is 45.4 Å². The molecule has 1 aromatic rings. The molecule has 0 aromatic carbocycles. The van der Waals surface area contributed by atoms with Gasteiger partial charge in [0.15, 0.2) is 12.0 Å². The molecule has 0 amide bonds. The van der Waals surface area contributed by atoms with Crippen LogP contribution < -0.4 is 11.2 Å². The molecule has 2 fully saturated rings. The standard InChI is InChI=1S/C36H64N2O6/c1-3-5-7-9-11-13-15-17-19-21-23-26-36(27-24-22-20-18-16-14-12-10-8-6-4-2)43-32-30(29-39)42-34(33(32)44-36)38-28-25-31(40)37-35(38)41/h25,28,30,32-34,39H,3-24,26-27,29H2,1-2H3,(H,37,40,41)/t30-,32-,33+,34-/m1/s1. The van der Waals surface area contributed by atoms with Crippen molar-refractivity contribution < 1.29 is 19.3 Å². The molecule has 3 heterocycles. The number of ether oxygens (including phenoxy) is 3. The maximum atomic E-state index is 12.6. The van der Waals surface area contributed by atoms with Crippen LogP contribution in [0.3, 0.4) is 0 Å². The van der Waals surface area contributed by atoms with Crippen LogP contribution in [-0.2, 0) is 14.2 Å². The van der Waals surface area contributed by atoms with Crippen molar-refractivity contribution in [3.8, 4) is 0 Å². The van der Waals surface area contributed by atoms with Crippen molar-refractivity contribution in [3.05, 3.63) is 33.1 Å². The lowest BCUT2D eigenvalue weighted by Gasteiger charge is -2.31. The Hall–Kier alpha value is -1.48. The summed E-state index contributed by atoms with van der Waals surface area (Å²) in [5, 5.41) is 10.1. The van der Waals surface area contributed by atoms with E-state index >= 15 is 0 Å². The third-order valence-electron chi connectivity index (χ3n) is 9.61. The van der Waals surface area contributed by atoms with Crippen molar-refractivity contribution in [1.29, 1.82) is 0 Å². The number of fused-ring (bicyclic) bond motifs is 1. The molecular formula is C36H64N2O6. The Kier molecular flexibility index (Phi) is 17.9. The zero-order valence-corrected chi connectivity index (χ0v) is 28.1. The van der Waals surface area contributed by atoms with Gasteiger partial charge in [-0.05, 0) is 12.8 Å². The maximum Gasteiger partial charge on any atom is 0.330 e. The molecule has 1 aromatic heterocycles. The van der Waals surface area contributed by atoms with E-state index < -0.39 is 41.6 Å². The number of aromatic amines is 1. The number of aliphatic hydroxyl groups excluding tert-OH is 1. The summed E-state index contributed by atoms with van der Waals surface area (Å²) in [6.07, 6.45) is 29.0. The van der Waals surface area contributed by atoms with E-state index in [9.17, 15) is 14.7 Å². The molecule has 4 atom stereocenters. The Labute approximate surface area is 266 Å². The first-order chi connectivity index (χ1) is 21.5. The molecule has 0 radical (unpaired) electrons. The van der Waals surface area contributed by atoms with Crippen LogP contribution in [0.15, 0.2) is 21.9 Å². The SMILES string of the molecule is CCCCCCCCCCCCCC1(CCCCCCCCCCCCC)O[C@H]2[C@H](O1)[C@@H](CO)O[C@H]2n1ccc(=O)[nH]c1=O. The Morgan fingerprint density at radius 2 is 1.11 bits per heavy atom. The Morgan fingerprint density at radius 3 is 1.55 bits per heavy atom. The first-order valence-corrected chi connectivity index (χ1v) is 18.5. The molecule has 0 unspecified atom stereocenters. The van der Waals surface area contributed by atoms with Gasteiger partial charge in [0.2, 0.25) is 0 Å². The second-order valence-corrected chi connectivity index (χ2v) is 13.4. The van der Waals surface area contributed by atoms with Crippen molar-refractivity contribution in [2.45, 2.75) is 198 Å². The van der Waals surface area contributed by atoms with Gasteiger partial charge in [-0.3, -0.25) is 14.3 Å². The summed E-state index contributed by atoms with van der Waals surface area (Å²) >= 11 is 0. The molecule has 44 heavy (non-hydrogen) atoms. The highest BCUT2D eigenvalue weighted by Gasteiger charge is 2.58. The van der Waals surface area contributed by atoms with Crippen LogP contribution in [0.1, 0.15) is 174 Å². The van der Waals surface area contributed by atoms with Crippen LogP contribution in [0, 0.1) is 0 Å². The average Bonchev–Trinajstić information content (AvgIpc) is 3.54. The van der Waals surface area contributed by atoms with E-state index in [0.717, 1.165) is 38.5 Å². The number of hydrogen-bond acceptors (Lipinski definition) is 6. The summed E-state index contributed by atoms with van der Waals surface area (Å²) in [6, 6.07) is 1.31. The fourth-order valence-corrected chi connectivity index (χ4v) is 6.98. The summed E-state index contributed by atoms with van der Waals surface area (Å²) in [4.78, 5) is 26.6. The monoisotopic (exact) mass is 620 g/mol. The largest absolute Gasteiger partial charge is 0.394 e. The second kappa shape index (κ2) is 21.3. The van der Waals surface area contributed by atoms with E-state index in [2.05, 4.69) is 18.8 Å². The lowest BCUT2D eigenvalue weighted by atomic mass is 9.98. The summed E-state index contributed by atoms with van der Waals surface area (Å²) in [5.74, 6) is -0.727. The molecule has 3 rings (SSSR count). The van der Waals surface area contributed by atoms with Crippen molar-refractivity contribution >= 4 is 0 Å². The van der Waals surface area contributed by atoms with Crippen LogP contribution in [0.2, 0.25) is 0 Å². The summed E-state index contributed by atoms with van der Waals surface area (Å²) < 4.78 is 20.8. The second-order valence-electron chi connectivity index (χ2n) is 13.4. The number of rotatable bonds is 26. The maximum absolute atomic E-state index is 12.6. The van der Waals surface area contributed by atoms with Gasteiger partial charge < -0.3 is 19.3 Å². The lowest BCUT2D eigenvalue weighted by molar-refractivity contribution is -0.228. The van der Waals surface area contributed by atoms with Gasteiger partial charge in [0, 0.05) is 25.1 Å². The van der Waals surface area contributed by atoms with Crippen molar-refractivity contribution in [2.24, 2.45) is 0 Å². The third-order valence-corrected chi connectivity index (χ3v) is 9.61. The molecule has 2 aliphatic heterocycles. The van der Waals surface area contributed by atoms with E-state index in [1.54, 1.807) is 0 Å². The molecule has 254 valence electrons. The highest BCUT2D eigenvalue weighted by Crippen LogP contribution is 2.46. The fourth-order valence-electron chi connectivity index (χ4n) is 6.98. The van der Waals surface area contributed by atoms with Crippen LogP contribution >= 0.6 is 0 Å². The van der Waals surface area contributed by atoms with Crippen LogP contribution in [0.25, 0.3) is 0 Å². The number of H-pyrrole nitrogens is 1.